The van der Waals surface area contributed by atoms with Gasteiger partial charge in [0.05, 0.1) is 25.9 Å². The zero-order valence-electron chi connectivity index (χ0n) is 11.6. The van der Waals surface area contributed by atoms with Gasteiger partial charge in [-0.25, -0.2) is 0 Å². The molecule has 0 heterocycles. The van der Waals surface area contributed by atoms with Crippen molar-refractivity contribution in [3.8, 4) is 0 Å². The number of rotatable bonds is 14. The second-order valence-electron chi connectivity index (χ2n) is 4.27. The van der Waals surface area contributed by atoms with Crippen LogP contribution >= 0.6 is 0 Å². The minimum atomic E-state index is -0.455. The predicted octanol–water partition coefficient (Wildman–Crippen LogP) is 0.543. The van der Waals surface area contributed by atoms with Crippen molar-refractivity contribution in [3.63, 3.8) is 0 Å². The molecule has 0 spiro atoms. The van der Waals surface area contributed by atoms with Gasteiger partial charge in [0.2, 0.25) is 0 Å². The molecule has 3 N–H and O–H groups in total. The van der Waals surface area contributed by atoms with Crippen LogP contribution in [0.1, 0.15) is 32.6 Å². The first-order valence-corrected chi connectivity index (χ1v) is 6.96. The number of unbranched alkanes of at least 4 members (excludes halogenated alkanes) is 3. The van der Waals surface area contributed by atoms with Gasteiger partial charge in [0.15, 0.2) is 0 Å². The van der Waals surface area contributed by atoms with Gasteiger partial charge >= 0.3 is 0 Å². The van der Waals surface area contributed by atoms with Crippen molar-refractivity contribution < 1.29 is 19.7 Å². The van der Waals surface area contributed by atoms with Gasteiger partial charge < -0.3 is 25.0 Å². The molecule has 0 aromatic rings. The van der Waals surface area contributed by atoms with Crippen LogP contribution in [0.15, 0.2) is 0 Å². The molecule has 1 unspecified atom stereocenters. The van der Waals surface area contributed by atoms with Gasteiger partial charge in [0.1, 0.15) is 0 Å². The Labute approximate surface area is 110 Å². The van der Waals surface area contributed by atoms with Crippen LogP contribution in [-0.4, -0.2) is 62.4 Å². The Hall–Kier alpha value is -0.200. The highest BCUT2D eigenvalue weighted by molar-refractivity contribution is 4.58. The Balaban J connectivity index is 3.09. The monoisotopic (exact) mass is 263 g/mol. The summed E-state index contributed by atoms with van der Waals surface area (Å²) in [6.45, 7) is 5.86. The molecule has 5 nitrogen and oxygen atoms in total. The summed E-state index contributed by atoms with van der Waals surface area (Å²) >= 11 is 0. The highest BCUT2D eigenvalue weighted by atomic mass is 16.5. The fraction of sp³-hybridized carbons (Fsp3) is 1.00. The molecule has 0 saturated heterocycles. The van der Waals surface area contributed by atoms with Crippen molar-refractivity contribution in [3.05, 3.63) is 0 Å². The highest BCUT2D eigenvalue weighted by Gasteiger charge is 2.03. The third-order valence-corrected chi connectivity index (χ3v) is 2.53. The van der Waals surface area contributed by atoms with Gasteiger partial charge in [-0.2, -0.15) is 0 Å². The zero-order chi connectivity index (χ0) is 13.5. The molecule has 0 aromatic heterocycles. The number of aliphatic hydroxyl groups excluding tert-OH is 2. The van der Waals surface area contributed by atoms with Crippen molar-refractivity contribution in [2.24, 2.45) is 0 Å². The smallest absolute Gasteiger partial charge is 0.0897 e. The molecule has 0 saturated carbocycles. The van der Waals surface area contributed by atoms with E-state index in [1.165, 1.54) is 0 Å². The number of aliphatic hydroxyl groups is 2. The van der Waals surface area contributed by atoms with Crippen LogP contribution in [0.25, 0.3) is 0 Å². The Morgan fingerprint density at radius 1 is 1.06 bits per heavy atom. The normalized spacial score (nSPS) is 12.8. The van der Waals surface area contributed by atoms with Gasteiger partial charge in [0.25, 0.3) is 0 Å². The Bertz CT molecular complexity index is 158. The van der Waals surface area contributed by atoms with E-state index in [0.717, 1.165) is 32.2 Å². The molecule has 1 atom stereocenters. The first-order chi connectivity index (χ1) is 8.81. The number of nitrogens with one attached hydrogen (secondary N) is 1. The van der Waals surface area contributed by atoms with E-state index in [1.807, 2.05) is 6.92 Å². The van der Waals surface area contributed by atoms with Crippen molar-refractivity contribution >= 4 is 0 Å². The third kappa shape index (κ3) is 13.9. The van der Waals surface area contributed by atoms with E-state index >= 15 is 0 Å². The summed E-state index contributed by atoms with van der Waals surface area (Å²) in [6, 6.07) is 0. The first-order valence-electron chi connectivity index (χ1n) is 6.96. The zero-order valence-corrected chi connectivity index (χ0v) is 11.6. The van der Waals surface area contributed by atoms with Crippen molar-refractivity contribution in [2.45, 2.75) is 38.7 Å². The quantitative estimate of drug-likeness (QED) is 0.399. The molecule has 5 heteroatoms. The standard InChI is InChI=1S/C13H29NO4/c1-2-17-9-10-18-12-13(16)11-14-7-5-3-4-6-8-15/h13-16H,2-12H2,1H3. The molecule has 0 aromatic carbocycles. The molecular weight excluding hydrogens is 234 g/mol. The van der Waals surface area contributed by atoms with Crippen LogP contribution < -0.4 is 5.32 Å². The molecule has 0 aliphatic rings. The summed E-state index contributed by atoms with van der Waals surface area (Å²) in [6.07, 6.45) is 3.70. The van der Waals surface area contributed by atoms with Gasteiger partial charge in [0, 0.05) is 19.8 Å². The van der Waals surface area contributed by atoms with E-state index in [2.05, 4.69) is 5.32 Å². The number of hydrogen-bond acceptors (Lipinski definition) is 5. The summed E-state index contributed by atoms with van der Waals surface area (Å²) in [5.41, 5.74) is 0. The van der Waals surface area contributed by atoms with E-state index in [1.54, 1.807) is 0 Å². The molecular formula is C13H29NO4. The number of ether oxygens (including phenoxy) is 2. The SMILES string of the molecule is CCOCCOCC(O)CNCCCCCCO. The fourth-order valence-electron chi connectivity index (χ4n) is 1.52. The molecule has 0 aliphatic heterocycles. The Kier molecular flexibility index (Phi) is 14.7. The molecule has 18 heavy (non-hydrogen) atoms. The van der Waals surface area contributed by atoms with E-state index in [-0.39, 0.29) is 6.61 Å². The lowest BCUT2D eigenvalue weighted by Gasteiger charge is -2.12. The van der Waals surface area contributed by atoms with E-state index in [0.29, 0.717) is 33.0 Å². The minimum absolute atomic E-state index is 0.283. The minimum Gasteiger partial charge on any atom is -0.396 e. The van der Waals surface area contributed by atoms with Crippen LogP contribution in [0, 0.1) is 0 Å². The maximum Gasteiger partial charge on any atom is 0.0897 e. The second kappa shape index (κ2) is 14.9. The van der Waals surface area contributed by atoms with Crippen molar-refractivity contribution in [1.82, 2.24) is 5.32 Å². The van der Waals surface area contributed by atoms with E-state index in [9.17, 15) is 5.11 Å². The third-order valence-electron chi connectivity index (χ3n) is 2.53. The predicted molar refractivity (Wildman–Crippen MR) is 71.7 cm³/mol. The van der Waals surface area contributed by atoms with Crippen LogP contribution in [0.2, 0.25) is 0 Å². The molecule has 0 bridgehead atoms. The Morgan fingerprint density at radius 2 is 1.78 bits per heavy atom. The van der Waals surface area contributed by atoms with E-state index in [4.69, 9.17) is 14.6 Å². The van der Waals surface area contributed by atoms with Crippen LogP contribution in [0.5, 0.6) is 0 Å². The van der Waals surface area contributed by atoms with Gasteiger partial charge in [-0.05, 0) is 26.3 Å². The van der Waals surface area contributed by atoms with Gasteiger partial charge in [-0.1, -0.05) is 12.8 Å². The lowest BCUT2D eigenvalue weighted by Crippen LogP contribution is -2.31. The fourth-order valence-corrected chi connectivity index (χ4v) is 1.52. The van der Waals surface area contributed by atoms with Gasteiger partial charge in [-0.3, -0.25) is 0 Å². The summed E-state index contributed by atoms with van der Waals surface area (Å²) in [5.74, 6) is 0. The van der Waals surface area contributed by atoms with Crippen molar-refractivity contribution in [2.75, 3.05) is 46.1 Å². The Morgan fingerprint density at radius 3 is 2.50 bits per heavy atom. The van der Waals surface area contributed by atoms with Crippen LogP contribution in [0.3, 0.4) is 0 Å². The second-order valence-corrected chi connectivity index (χ2v) is 4.27. The summed E-state index contributed by atoms with van der Waals surface area (Å²) in [4.78, 5) is 0. The first kappa shape index (κ1) is 17.8. The number of hydrogen-bond donors (Lipinski definition) is 3. The average molecular weight is 263 g/mol. The average Bonchev–Trinajstić information content (AvgIpc) is 2.37. The largest absolute Gasteiger partial charge is 0.396 e. The molecule has 0 radical (unpaired) electrons. The van der Waals surface area contributed by atoms with Crippen LogP contribution in [-0.2, 0) is 9.47 Å². The maximum absolute atomic E-state index is 9.59. The molecule has 0 rings (SSSR count). The highest BCUT2D eigenvalue weighted by Crippen LogP contribution is 1.97. The van der Waals surface area contributed by atoms with E-state index < -0.39 is 6.10 Å². The molecule has 0 amide bonds. The summed E-state index contributed by atoms with van der Waals surface area (Å²) in [7, 11) is 0. The van der Waals surface area contributed by atoms with Crippen LogP contribution in [0.4, 0.5) is 0 Å². The molecule has 0 aliphatic carbocycles. The lowest BCUT2D eigenvalue weighted by atomic mass is 10.2. The maximum atomic E-state index is 9.59. The molecule has 110 valence electrons. The lowest BCUT2D eigenvalue weighted by molar-refractivity contribution is 0.00655. The molecule has 0 fully saturated rings. The summed E-state index contributed by atoms with van der Waals surface area (Å²) in [5, 5.41) is 21.4. The van der Waals surface area contributed by atoms with Gasteiger partial charge in [-0.15, -0.1) is 0 Å². The topological polar surface area (TPSA) is 71.0 Å². The van der Waals surface area contributed by atoms with Crippen molar-refractivity contribution in [1.29, 1.82) is 0 Å². The summed E-state index contributed by atoms with van der Waals surface area (Å²) < 4.78 is 10.4.